The zero-order valence-corrected chi connectivity index (χ0v) is 13.1. The number of amides is 1. The van der Waals surface area contributed by atoms with Crippen molar-refractivity contribution in [2.24, 2.45) is 0 Å². The summed E-state index contributed by atoms with van der Waals surface area (Å²) in [5.41, 5.74) is 0.0885. The van der Waals surface area contributed by atoms with Crippen molar-refractivity contribution in [3.63, 3.8) is 0 Å². The molecule has 124 valence electrons. The van der Waals surface area contributed by atoms with Crippen LogP contribution in [0.15, 0.2) is 39.5 Å². The van der Waals surface area contributed by atoms with Crippen LogP contribution in [-0.2, 0) is 4.79 Å². The van der Waals surface area contributed by atoms with E-state index in [1.165, 1.54) is 6.07 Å². The van der Waals surface area contributed by atoms with Gasteiger partial charge in [0.25, 0.3) is 0 Å². The molecule has 0 radical (unpaired) electrons. The Morgan fingerprint density at radius 1 is 1.35 bits per heavy atom. The smallest absolute Gasteiger partial charge is 0.336 e. The fourth-order valence-corrected chi connectivity index (χ4v) is 2.19. The Kier molecular flexibility index (Phi) is 6.17. The highest BCUT2D eigenvalue weighted by molar-refractivity contribution is 5.77. The Labute approximate surface area is 134 Å². The molecule has 0 aliphatic heterocycles. The third kappa shape index (κ3) is 5.10. The molecule has 0 aliphatic rings. The van der Waals surface area contributed by atoms with Gasteiger partial charge in [-0.15, -0.1) is 0 Å². The van der Waals surface area contributed by atoms with Gasteiger partial charge in [0.2, 0.25) is 5.91 Å². The van der Waals surface area contributed by atoms with Crippen molar-refractivity contribution in [1.82, 2.24) is 5.32 Å². The van der Waals surface area contributed by atoms with Crippen LogP contribution in [0.5, 0.6) is 5.75 Å². The summed E-state index contributed by atoms with van der Waals surface area (Å²) >= 11 is 0. The fourth-order valence-electron chi connectivity index (χ4n) is 2.19. The SMILES string of the molecule is CCC(=O)N[C@@H](CO)CCCOc1ccc2ccc(=O)oc2c1. The lowest BCUT2D eigenvalue weighted by molar-refractivity contribution is -0.121. The van der Waals surface area contributed by atoms with E-state index in [2.05, 4.69) is 5.32 Å². The number of nitrogens with one attached hydrogen (secondary N) is 1. The topological polar surface area (TPSA) is 88.8 Å². The first-order chi connectivity index (χ1) is 11.1. The van der Waals surface area contributed by atoms with E-state index in [0.29, 0.717) is 37.2 Å². The van der Waals surface area contributed by atoms with Crippen LogP contribution < -0.4 is 15.7 Å². The molecule has 6 heteroatoms. The van der Waals surface area contributed by atoms with E-state index in [0.717, 1.165) is 5.39 Å². The largest absolute Gasteiger partial charge is 0.493 e. The molecule has 1 aromatic heterocycles. The number of aliphatic hydroxyl groups excluding tert-OH is 1. The van der Waals surface area contributed by atoms with Crippen LogP contribution in [0.2, 0.25) is 0 Å². The minimum Gasteiger partial charge on any atom is -0.493 e. The van der Waals surface area contributed by atoms with Crippen molar-refractivity contribution >= 4 is 16.9 Å². The number of hydrogen-bond acceptors (Lipinski definition) is 5. The van der Waals surface area contributed by atoms with Gasteiger partial charge in [0.1, 0.15) is 11.3 Å². The average Bonchev–Trinajstić information content (AvgIpc) is 2.56. The van der Waals surface area contributed by atoms with Crippen molar-refractivity contribution < 1.29 is 19.1 Å². The highest BCUT2D eigenvalue weighted by atomic mass is 16.5. The Morgan fingerprint density at radius 3 is 2.87 bits per heavy atom. The number of rotatable bonds is 8. The molecule has 1 heterocycles. The quantitative estimate of drug-likeness (QED) is 0.572. The van der Waals surface area contributed by atoms with Gasteiger partial charge >= 0.3 is 5.63 Å². The highest BCUT2D eigenvalue weighted by Crippen LogP contribution is 2.19. The molecule has 2 rings (SSSR count). The van der Waals surface area contributed by atoms with Crippen LogP contribution in [-0.4, -0.2) is 30.3 Å². The van der Waals surface area contributed by atoms with Crippen LogP contribution in [0.1, 0.15) is 26.2 Å². The monoisotopic (exact) mass is 319 g/mol. The predicted molar refractivity (Wildman–Crippen MR) is 86.5 cm³/mol. The number of carbonyl (C=O) groups excluding carboxylic acids is 1. The van der Waals surface area contributed by atoms with E-state index >= 15 is 0 Å². The van der Waals surface area contributed by atoms with Gasteiger partial charge in [0.15, 0.2) is 0 Å². The number of benzene rings is 1. The molecule has 1 aromatic carbocycles. The van der Waals surface area contributed by atoms with Crippen LogP contribution in [0.3, 0.4) is 0 Å². The molecule has 0 saturated carbocycles. The lowest BCUT2D eigenvalue weighted by Gasteiger charge is -2.15. The van der Waals surface area contributed by atoms with Crippen molar-refractivity contribution in [3.8, 4) is 5.75 Å². The molecule has 2 aromatic rings. The van der Waals surface area contributed by atoms with E-state index in [9.17, 15) is 14.7 Å². The Balaban J connectivity index is 1.84. The molecular formula is C17H21NO5. The van der Waals surface area contributed by atoms with Crippen LogP contribution in [0.4, 0.5) is 0 Å². The summed E-state index contributed by atoms with van der Waals surface area (Å²) < 4.78 is 10.7. The number of ether oxygens (including phenoxy) is 1. The maximum Gasteiger partial charge on any atom is 0.336 e. The Bertz CT molecular complexity index is 709. The zero-order chi connectivity index (χ0) is 16.7. The summed E-state index contributed by atoms with van der Waals surface area (Å²) in [7, 11) is 0. The third-order valence-corrected chi connectivity index (χ3v) is 3.47. The standard InChI is InChI=1S/C17H21NO5/c1-2-16(20)18-13(11-19)4-3-9-22-14-7-5-12-6-8-17(21)23-15(12)10-14/h5-8,10,13,19H,2-4,9,11H2,1H3,(H,18,20)/t13-/m1/s1. The molecule has 1 atom stereocenters. The molecule has 0 unspecified atom stereocenters. The number of carbonyl (C=O) groups is 1. The predicted octanol–water partition coefficient (Wildman–Crippen LogP) is 1.84. The maximum absolute atomic E-state index is 11.3. The zero-order valence-electron chi connectivity index (χ0n) is 13.1. The molecule has 2 N–H and O–H groups in total. The number of fused-ring (bicyclic) bond motifs is 1. The van der Waals surface area contributed by atoms with Gasteiger partial charge in [-0.3, -0.25) is 4.79 Å². The Hall–Kier alpha value is -2.34. The molecule has 0 bridgehead atoms. The van der Waals surface area contributed by atoms with Crippen molar-refractivity contribution in [2.75, 3.05) is 13.2 Å². The second-order valence-electron chi connectivity index (χ2n) is 5.25. The number of aliphatic hydroxyl groups is 1. The van der Waals surface area contributed by atoms with Gasteiger partial charge in [-0.25, -0.2) is 4.79 Å². The summed E-state index contributed by atoms with van der Waals surface area (Å²) in [4.78, 5) is 22.5. The molecular weight excluding hydrogens is 298 g/mol. The molecule has 0 aliphatic carbocycles. The van der Waals surface area contributed by atoms with Crippen LogP contribution >= 0.6 is 0 Å². The minimum atomic E-state index is -0.396. The summed E-state index contributed by atoms with van der Waals surface area (Å²) in [6.45, 7) is 2.12. The van der Waals surface area contributed by atoms with Gasteiger partial charge < -0.3 is 19.6 Å². The van der Waals surface area contributed by atoms with Crippen molar-refractivity contribution in [3.05, 3.63) is 40.8 Å². The normalized spacial score (nSPS) is 12.1. The van der Waals surface area contributed by atoms with E-state index < -0.39 is 5.63 Å². The second-order valence-corrected chi connectivity index (χ2v) is 5.25. The van der Waals surface area contributed by atoms with E-state index in [1.54, 1.807) is 19.1 Å². The lowest BCUT2D eigenvalue weighted by atomic mass is 10.1. The first-order valence-corrected chi connectivity index (χ1v) is 7.69. The van der Waals surface area contributed by atoms with Gasteiger partial charge in [0.05, 0.1) is 19.3 Å². The van der Waals surface area contributed by atoms with E-state index in [-0.39, 0.29) is 18.6 Å². The minimum absolute atomic E-state index is 0.0745. The first kappa shape index (κ1) is 17.0. The van der Waals surface area contributed by atoms with Gasteiger partial charge in [-0.05, 0) is 31.0 Å². The maximum atomic E-state index is 11.3. The highest BCUT2D eigenvalue weighted by Gasteiger charge is 2.09. The third-order valence-electron chi connectivity index (χ3n) is 3.47. The molecule has 6 nitrogen and oxygen atoms in total. The molecule has 1 amide bonds. The van der Waals surface area contributed by atoms with E-state index in [1.807, 2.05) is 12.1 Å². The second kappa shape index (κ2) is 8.33. The summed E-state index contributed by atoms with van der Waals surface area (Å²) in [5, 5.41) is 12.8. The van der Waals surface area contributed by atoms with Crippen LogP contribution in [0.25, 0.3) is 11.0 Å². The average molecular weight is 319 g/mol. The molecule has 0 fully saturated rings. The van der Waals surface area contributed by atoms with E-state index in [4.69, 9.17) is 9.15 Å². The summed E-state index contributed by atoms with van der Waals surface area (Å²) in [6.07, 6.45) is 1.71. The number of hydrogen-bond donors (Lipinski definition) is 2. The molecule has 0 saturated heterocycles. The lowest BCUT2D eigenvalue weighted by Crippen LogP contribution is -2.37. The molecule has 0 spiro atoms. The van der Waals surface area contributed by atoms with Crippen molar-refractivity contribution in [1.29, 1.82) is 0 Å². The summed E-state index contributed by atoms with van der Waals surface area (Å²) in [5.74, 6) is 0.541. The summed E-state index contributed by atoms with van der Waals surface area (Å²) in [6, 6.07) is 8.14. The Morgan fingerprint density at radius 2 is 2.13 bits per heavy atom. The van der Waals surface area contributed by atoms with Crippen molar-refractivity contribution in [2.45, 2.75) is 32.2 Å². The van der Waals surface area contributed by atoms with Crippen LogP contribution in [0, 0.1) is 0 Å². The van der Waals surface area contributed by atoms with Gasteiger partial charge in [0, 0.05) is 23.9 Å². The van der Waals surface area contributed by atoms with Gasteiger partial charge in [-0.1, -0.05) is 6.92 Å². The molecule has 23 heavy (non-hydrogen) atoms. The van der Waals surface area contributed by atoms with Gasteiger partial charge in [-0.2, -0.15) is 0 Å². The first-order valence-electron chi connectivity index (χ1n) is 7.69. The fraction of sp³-hybridized carbons (Fsp3) is 0.412.